The van der Waals surface area contributed by atoms with E-state index in [1.165, 1.54) is 11.1 Å². The highest BCUT2D eigenvalue weighted by molar-refractivity contribution is 6.04. The largest absolute Gasteiger partial charge is 0.462 e. The maximum atomic E-state index is 6.00. The molecule has 0 radical (unpaired) electrons. The number of fused-ring (bicyclic) bond motifs is 1. The summed E-state index contributed by atoms with van der Waals surface area (Å²) in [5.41, 5.74) is 6.83. The fourth-order valence-corrected chi connectivity index (χ4v) is 4.32. The molecule has 8 heteroatoms. The quantitative estimate of drug-likeness (QED) is 0.522. The summed E-state index contributed by atoms with van der Waals surface area (Å²) in [5, 5.41) is 4.70. The van der Waals surface area contributed by atoms with E-state index < -0.39 is 0 Å². The second-order valence-corrected chi connectivity index (χ2v) is 8.51. The normalized spacial score (nSPS) is 17.2. The number of anilines is 2. The van der Waals surface area contributed by atoms with Gasteiger partial charge >= 0.3 is 6.01 Å². The van der Waals surface area contributed by atoms with Crippen LogP contribution < -0.4 is 15.1 Å². The van der Waals surface area contributed by atoms with Crippen molar-refractivity contribution in [2.24, 2.45) is 5.10 Å². The molecule has 2 heterocycles. The number of aryl methyl sites for hydroxylation is 1. The number of ether oxygens (including phenoxy) is 2. The van der Waals surface area contributed by atoms with Crippen molar-refractivity contribution < 1.29 is 9.47 Å². The van der Waals surface area contributed by atoms with E-state index in [-0.39, 0.29) is 0 Å². The minimum atomic E-state index is 0.396. The van der Waals surface area contributed by atoms with Gasteiger partial charge in [0.2, 0.25) is 0 Å². The van der Waals surface area contributed by atoms with Crippen LogP contribution in [0.1, 0.15) is 44.2 Å². The third-order valence-electron chi connectivity index (χ3n) is 6.01. The van der Waals surface area contributed by atoms with Crippen LogP contribution in [-0.4, -0.2) is 73.1 Å². The molecule has 178 valence electrons. The highest BCUT2D eigenvalue weighted by atomic mass is 16.5. The van der Waals surface area contributed by atoms with E-state index in [1.807, 2.05) is 6.07 Å². The Bertz CT molecular complexity index is 923. The lowest BCUT2D eigenvalue weighted by molar-refractivity contribution is 0.0317. The van der Waals surface area contributed by atoms with Crippen molar-refractivity contribution in [2.45, 2.75) is 39.5 Å². The first-order chi connectivity index (χ1) is 16.3. The van der Waals surface area contributed by atoms with Gasteiger partial charge in [-0.15, -0.1) is 0 Å². The topological polar surface area (TPSA) is 75.1 Å². The van der Waals surface area contributed by atoms with Gasteiger partial charge in [-0.1, -0.05) is 38.1 Å². The molecule has 4 rings (SSSR count). The standard InChI is InChI=1S/C25H36N6O2/c1-3-11-31(12-4-2)24-19-23(29-28-22-10-9-20-7-5-6-8-21(20)22)26-25(27-24)33-18-15-30-13-16-32-17-14-30/h5-8,19H,3-4,9-18H2,1-2H3,(H,26,27,29)/b28-22+. The molecule has 0 spiro atoms. The first kappa shape index (κ1) is 23.4. The Morgan fingerprint density at radius 1 is 1.09 bits per heavy atom. The zero-order valence-electron chi connectivity index (χ0n) is 19.9. The van der Waals surface area contributed by atoms with Gasteiger partial charge in [0.25, 0.3) is 0 Å². The Kier molecular flexibility index (Phi) is 8.49. The maximum Gasteiger partial charge on any atom is 0.320 e. The van der Waals surface area contributed by atoms with E-state index in [4.69, 9.17) is 19.6 Å². The van der Waals surface area contributed by atoms with Crippen molar-refractivity contribution in [3.63, 3.8) is 0 Å². The van der Waals surface area contributed by atoms with E-state index in [9.17, 15) is 0 Å². The summed E-state index contributed by atoms with van der Waals surface area (Å²) in [6, 6.07) is 10.8. The molecule has 8 nitrogen and oxygen atoms in total. The molecule has 0 amide bonds. The summed E-state index contributed by atoms with van der Waals surface area (Å²) in [7, 11) is 0. The highest BCUT2D eigenvalue weighted by Crippen LogP contribution is 2.24. The predicted molar refractivity (Wildman–Crippen MR) is 133 cm³/mol. The first-order valence-electron chi connectivity index (χ1n) is 12.2. The number of nitrogens with one attached hydrogen (secondary N) is 1. The van der Waals surface area contributed by atoms with Crippen molar-refractivity contribution >= 4 is 17.3 Å². The smallest absolute Gasteiger partial charge is 0.320 e. The lowest BCUT2D eigenvalue weighted by atomic mass is 10.1. The minimum Gasteiger partial charge on any atom is -0.462 e. The lowest BCUT2D eigenvalue weighted by Gasteiger charge is -2.26. The summed E-state index contributed by atoms with van der Waals surface area (Å²) >= 11 is 0. The predicted octanol–water partition coefficient (Wildman–Crippen LogP) is 3.58. The van der Waals surface area contributed by atoms with E-state index >= 15 is 0 Å². The Morgan fingerprint density at radius 3 is 2.67 bits per heavy atom. The van der Waals surface area contributed by atoms with Crippen molar-refractivity contribution in [1.29, 1.82) is 0 Å². The molecule has 1 aromatic carbocycles. The lowest BCUT2D eigenvalue weighted by Crippen LogP contribution is -2.38. The number of morpholine rings is 1. The van der Waals surface area contributed by atoms with Crippen molar-refractivity contribution in [2.75, 3.05) is 62.9 Å². The molecule has 0 unspecified atom stereocenters. The van der Waals surface area contributed by atoms with Crippen LogP contribution in [0.4, 0.5) is 11.6 Å². The van der Waals surface area contributed by atoms with E-state index in [2.05, 4.69) is 58.3 Å². The van der Waals surface area contributed by atoms with Crippen LogP contribution in [0.2, 0.25) is 0 Å². The summed E-state index contributed by atoms with van der Waals surface area (Å²) in [6.45, 7) is 11.1. The number of nitrogens with zero attached hydrogens (tertiary/aromatic N) is 5. The summed E-state index contributed by atoms with van der Waals surface area (Å²) in [4.78, 5) is 14.0. The molecule has 1 aromatic heterocycles. The Morgan fingerprint density at radius 2 is 1.88 bits per heavy atom. The van der Waals surface area contributed by atoms with Gasteiger partial charge in [-0.25, -0.2) is 0 Å². The molecule has 1 aliphatic heterocycles. The average Bonchev–Trinajstić information content (AvgIpc) is 3.26. The molecule has 0 atom stereocenters. The number of benzene rings is 1. The van der Waals surface area contributed by atoms with E-state index in [0.29, 0.717) is 18.4 Å². The summed E-state index contributed by atoms with van der Waals surface area (Å²) in [6.07, 6.45) is 4.07. The number of hydrazone groups is 1. The zero-order valence-corrected chi connectivity index (χ0v) is 19.9. The molecule has 0 bridgehead atoms. The van der Waals surface area contributed by atoms with Crippen LogP contribution in [0.3, 0.4) is 0 Å². The summed E-state index contributed by atoms with van der Waals surface area (Å²) in [5.74, 6) is 1.54. The van der Waals surface area contributed by atoms with Gasteiger partial charge in [-0.2, -0.15) is 15.1 Å². The van der Waals surface area contributed by atoms with Crippen LogP contribution >= 0.6 is 0 Å². The average molecular weight is 453 g/mol. The van der Waals surface area contributed by atoms with Crippen LogP contribution in [-0.2, 0) is 11.2 Å². The second kappa shape index (κ2) is 12.0. The number of hydrogen-bond donors (Lipinski definition) is 1. The van der Waals surface area contributed by atoms with Gasteiger partial charge in [0.1, 0.15) is 12.4 Å². The van der Waals surface area contributed by atoms with Crippen molar-refractivity contribution in [3.05, 3.63) is 41.5 Å². The third-order valence-corrected chi connectivity index (χ3v) is 6.01. The number of hydrogen-bond acceptors (Lipinski definition) is 8. The molecule has 0 saturated carbocycles. The fraction of sp³-hybridized carbons (Fsp3) is 0.560. The second-order valence-electron chi connectivity index (χ2n) is 8.51. The minimum absolute atomic E-state index is 0.396. The monoisotopic (exact) mass is 452 g/mol. The third kappa shape index (κ3) is 6.42. The van der Waals surface area contributed by atoms with Gasteiger partial charge in [0, 0.05) is 44.4 Å². The van der Waals surface area contributed by atoms with E-state index in [0.717, 1.165) is 83.2 Å². The molecule has 1 N–H and O–H groups in total. The molecule has 33 heavy (non-hydrogen) atoms. The van der Waals surface area contributed by atoms with Crippen LogP contribution in [0.25, 0.3) is 0 Å². The van der Waals surface area contributed by atoms with Gasteiger partial charge in [0.05, 0.1) is 18.9 Å². The van der Waals surface area contributed by atoms with Crippen LogP contribution in [0.15, 0.2) is 35.4 Å². The first-order valence-corrected chi connectivity index (χ1v) is 12.2. The highest BCUT2D eigenvalue weighted by Gasteiger charge is 2.18. The molecule has 2 aliphatic rings. The fourth-order valence-electron chi connectivity index (χ4n) is 4.32. The molecular formula is C25H36N6O2. The zero-order chi connectivity index (χ0) is 22.9. The van der Waals surface area contributed by atoms with Crippen LogP contribution in [0.5, 0.6) is 6.01 Å². The van der Waals surface area contributed by atoms with Gasteiger partial charge < -0.3 is 14.4 Å². The Labute approximate surface area is 197 Å². The number of rotatable bonds is 11. The molecule has 1 saturated heterocycles. The van der Waals surface area contributed by atoms with Crippen molar-refractivity contribution in [1.82, 2.24) is 14.9 Å². The summed E-state index contributed by atoms with van der Waals surface area (Å²) < 4.78 is 11.4. The van der Waals surface area contributed by atoms with Gasteiger partial charge in [0.15, 0.2) is 5.82 Å². The Balaban J connectivity index is 1.50. The maximum absolute atomic E-state index is 6.00. The number of aromatic nitrogens is 2. The van der Waals surface area contributed by atoms with Gasteiger partial charge in [-0.05, 0) is 31.2 Å². The molecule has 2 aromatic rings. The van der Waals surface area contributed by atoms with Gasteiger partial charge in [-0.3, -0.25) is 10.3 Å². The SMILES string of the molecule is CCCN(CCC)c1cc(N/N=C2\CCc3ccccc32)nc(OCCN2CCOCC2)n1. The molecule has 1 fully saturated rings. The molecule has 1 aliphatic carbocycles. The molecular weight excluding hydrogens is 416 g/mol. The Hall–Kier alpha value is -2.71. The van der Waals surface area contributed by atoms with E-state index in [1.54, 1.807) is 0 Å². The van der Waals surface area contributed by atoms with Crippen LogP contribution in [0, 0.1) is 0 Å². The van der Waals surface area contributed by atoms with Crippen molar-refractivity contribution in [3.8, 4) is 6.01 Å².